The molecular formula is C27H41NO5. The Morgan fingerprint density at radius 3 is 2.33 bits per heavy atom. The quantitative estimate of drug-likeness (QED) is 0.370. The molecule has 1 aliphatic rings. The predicted octanol–water partition coefficient (Wildman–Crippen LogP) is 4.88. The fourth-order valence-electron chi connectivity index (χ4n) is 5.08. The smallest absolute Gasteiger partial charge is 0.160 e. The van der Waals surface area contributed by atoms with E-state index in [2.05, 4.69) is 37.9 Å². The van der Waals surface area contributed by atoms with Crippen molar-refractivity contribution >= 4 is 6.29 Å². The minimum absolute atomic E-state index is 0.0981. The first kappa shape index (κ1) is 26.8. The van der Waals surface area contributed by atoms with E-state index in [1.54, 1.807) is 28.4 Å². The standard InChI is InChI=1S/C27H41NO5/c1-20(2)27(22(14-18-29)10-12-24(31-5)26(27)33-7)15-8-16-28(3)17-13-21-9-11-23(30-4)25(19-21)32-6/h9-12,18-20,22H,8,13-17H2,1-7H3. The third-order valence-electron chi connectivity index (χ3n) is 6.95. The Morgan fingerprint density at radius 1 is 1.03 bits per heavy atom. The molecule has 1 aromatic rings. The summed E-state index contributed by atoms with van der Waals surface area (Å²) in [4.78, 5) is 13.8. The maximum atomic E-state index is 11.5. The number of methoxy groups -OCH3 is 4. The second-order valence-electron chi connectivity index (χ2n) is 9.01. The molecule has 0 saturated heterocycles. The Morgan fingerprint density at radius 2 is 1.76 bits per heavy atom. The van der Waals surface area contributed by atoms with Gasteiger partial charge in [-0.05, 0) is 68.5 Å². The van der Waals surface area contributed by atoms with Crippen molar-refractivity contribution in [1.29, 1.82) is 0 Å². The van der Waals surface area contributed by atoms with Crippen molar-refractivity contribution in [3.8, 4) is 11.5 Å². The Bertz CT molecular complexity index is 832. The van der Waals surface area contributed by atoms with Gasteiger partial charge in [-0.1, -0.05) is 26.0 Å². The van der Waals surface area contributed by atoms with Gasteiger partial charge in [0.1, 0.15) is 12.0 Å². The number of hydrogen-bond acceptors (Lipinski definition) is 6. The summed E-state index contributed by atoms with van der Waals surface area (Å²) in [5.41, 5.74) is 0.955. The maximum Gasteiger partial charge on any atom is 0.160 e. The molecule has 2 atom stereocenters. The van der Waals surface area contributed by atoms with Gasteiger partial charge in [0.15, 0.2) is 17.3 Å². The number of ether oxygens (including phenoxy) is 4. The highest BCUT2D eigenvalue weighted by Crippen LogP contribution is 2.52. The van der Waals surface area contributed by atoms with Crippen LogP contribution in [0.1, 0.15) is 38.7 Å². The summed E-state index contributed by atoms with van der Waals surface area (Å²) in [6, 6.07) is 6.08. The van der Waals surface area contributed by atoms with Crippen LogP contribution in [0, 0.1) is 17.3 Å². The summed E-state index contributed by atoms with van der Waals surface area (Å²) in [7, 11) is 8.84. The topological polar surface area (TPSA) is 57.2 Å². The summed E-state index contributed by atoms with van der Waals surface area (Å²) < 4.78 is 22.3. The summed E-state index contributed by atoms with van der Waals surface area (Å²) >= 11 is 0. The number of carbonyl (C=O) groups excluding carboxylic acids is 1. The first-order chi connectivity index (χ1) is 15.9. The zero-order valence-electron chi connectivity index (χ0n) is 21.3. The highest BCUT2D eigenvalue weighted by atomic mass is 16.5. The van der Waals surface area contributed by atoms with E-state index in [1.165, 1.54) is 5.56 Å². The van der Waals surface area contributed by atoms with Crippen molar-refractivity contribution in [1.82, 2.24) is 4.90 Å². The molecule has 0 radical (unpaired) electrons. The fourth-order valence-corrected chi connectivity index (χ4v) is 5.08. The van der Waals surface area contributed by atoms with Gasteiger partial charge < -0.3 is 28.6 Å². The van der Waals surface area contributed by atoms with Gasteiger partial charge in [0.05, 0.1) is 28.4 Å². The third-order valence-corrected chi connectivity index (χ3v) is 6.95. The van der Waals surface area contributed by atoms with E-state index in [-0.39, 0.29) is 11.3 Å². The number of hydrogen-bond donors (Lipinski definition) is 0. The molecule has 0 bridgehead atoms. The van der Waals surface area contributed by atoms with E-state index in [0.29, 0.717) is 12.3 Å². The van der Waals surface area contributed by atoms with Crippen LogP contribution in [0.25, 0.3) is 0 Å². The average molecular weight is 460 g/mol. The highest BCUT2D eigenvalue weighted by Gasteiger charge is 2.47. The van der Waals surface area contributed by atoms with Crippen LogP contribution in [0.2, 0.25) is 0 Å². The molecule has 0 spiro atoms. The summed E-state index contributed by atoms with van der Waals surface area (Å²) in [6.07, 6.45) is 8.41. The number of nitrogens with zero attached hydrogens (tertiary/aromatic N) is 1. The van der Waals surface area contributed by atoms with Gasteiger partial charge in [0.25, 0.3) is 0 Å². The van der Waals surface area contributed by atoms with E-state index in [4.69, 9.17) is 18.9 Å². The molecule has 1 aliphatic carbocycles. The number of benzene rings is 1. The minimum atomic E-state index is -0.264. The summed E-state index contributed by atoms with van der Waals surface area (Å²) in [5, 5.41) is 0. The van der Waals surface area contributed by atoms with Crippen molar-refractivity contribution in [3.63, 3.8) is 0 Å². The second-order valence-corrected chi connectivity index (χ2v) is 9.01. The molecule has 0 aliphatic heterocycles. The van der Waals surface area contributed by atoms with Gasteiger partial charge in [0.2, 0.25) is 0 Å². The minimum Gasteiger partial charge on any atom is -0.497 e. The van der Waals surface area contributed by atoms with Crippen LogP contribution >= 0.6 is 0 Å². The highest BCUT2D eigenvalue weighted by molar-refractivity contribution is 5.52. The van der Waals surface area contributed by atoms with Crippen LogP contribution in [0.5, 0.6) is 11.5 Å². The lowest BCUT2D eigenvalue weighted by atomic mass is 9.60. The molecule has 0 aromatic heterocycles. The number of carbonyl (C=O) groups is 1. The van der Waals surface area contributed by atoms with Crippen LogP contribution in [0.3, 0.4) is 0 Å². The number of likely N-dealkylation sites (N-methyl/N-ethyl adjacent to an activating group) is 1. The lowest BCUT2D eigenvalue weighted by Crippen LogP contribution is -2.41. The van der Waals surface area contributed by atoms with Gasteiger partial charge in [-0.2, -0.15) is 0 Å². The Balaban J connectivity index is 2.06. The normalized spacial score (nSPS) is 20.3. The van der Waals surface area contributed by atoms with E-state index >= 15 is 0 Å². The van der Waals surface area contributed by atoms with Crippen molar-refractivity contribution < 1.29 is 23.7 Å². The predicted molar refractivity (Wildman–Crippen MR) is 132 cm³/mol. The molecule has 0 N–H and O–H groups in total. The fraction of sp³-hybridized carbons (Fsp3) is 0.593. The van der Waals surface area contributed by atoms with E-state index in [1.807, 2.05) is 18.2 Å². The second kappa shape index (κ2) is 12.7. The average Bonchev–Trinajstić information content (AvgIpc) is 2.82. The van der Waals surface area contributed by atoms with Crippen LogP contribution in [0.4, 0.5) is 0 Å². The molecule has 2 unspecified atom stereocenters. The van der Waals surface area contributed by atoms with Gasteiger partial charge >= 0.3 is 0 Å². The van der Waals surface area contributed by atoms with Gasteiger partial charge in [-0.25, -0.2) is 0 Å². The molecule has 0 heterocycles. The van der Waals surface area contributed by atoms with E-state index in [9.17, 15) is 4.79 Å². The molecule has 0 amide bonds. The van der Waals surface area contributed by atoms with Crippen molar-refractivity contribution in [2.24, 2.45) is 17.3 Å². The van der Waals surface area contributed by atoms with Crippen LogP contribution in [-0.2, 0) is 20.7 Å². The first-order valence-electron chi connectivity index (χ1n) is 11.7. The third kappa shape index (κ3) is 6.11. The van der Waals surface area contributed by atoms with Crippen molar-refractivity contribution in [2.75, 3.05) is 48.6 Å². The number of allylic oxidation sites excluding steroid dienone is 3. The Labute approximate surface area is 199 Å². The van der Waals surface area contributed by atoms with Crippen molar-refractivity contribution in [2.45, 2.75) is 39.5 Å². The molecule has 33 heavy (non-hydrogen) atoms. The Kier molecular flexibility index (Phi) is 10.3. The van der Waals surface area contributed by atoms with Crippen LogP contribution < -0.4 is 9.47 Å². The van der Waals surface area contributed by atoms with Gasteiger partial charge in [-0.3, -0.25) is 0 Å². The van der Waals surface area contributed by atoms with E-state index in [0.717, 1.165) is 61.7 Å². The molecule has 0 saturated carbocycles. The maximum absolute atomic E-state index is 11.5. The van der Waals surface area contributed by atoms with Gasteiger partial charge in [-0.15, -0.1) is 0 Å². The molecular weight excluding hydrogens is 418 g/mol. The number of rotatable bonds is 14. The molecule has 6 heteroatoms. The molecule has 1 aromatic carbocycles. The lowest BCUT2D eigenvalue weighted by molar-refractivity contribution is -0.109. The van der Waals surface area contributed by atoms with Gasteiger partial charge in [0, 0.05) is 18.4 Å². The van der Waals surface area contributed by atoms with Crippen LogP contribution in [-0.4, -0.2) is 59.8 Å². The summed E-state index contributed by atoms with van der Waals surface area (Å²) in [6.45, 7) is 6.32. The lowest BCUT2D eigenvalue weighted by Gasteiger charge is -2.46. The van der Waals surface area contributed by atoms with Crippen molar-refractivity contribution in [3.05, 3.63) is 47.4 Å². The summed E-state index contributed by atoms with van der Waals surface area (Å²) in [5.74, 6) is 3.52. The zero-order chi connectivity index (χ0) is 24.4. The molecule has 184 valence electrons. The molecule has 6 nitrogen and oxygen atoms in total. The SMILES string of the molecule is COC1=C(OC)C(CCCN(C)CCc2ccc(OC)c(OC)c2)(C(C)C)C(CC=O)C=C1. The molecule has 2 rings (SSSR count). The van der Waals surface area contributed by atoms with Crippen LogP contribution in [0.15, 0.2) is 41.9 Å². The zero-order valence-corrected chi connectivity index (χ0v) is 21.3. The molecule has 0 fully saturated rings. The first-order valence-corrected chi connectivity index (χ1v) is 11.7. The Hall–Kier alpha value is -2.47. The number of aldehydes is 1. The monoisotopic (exact) mass is 459 g/mol. The largest absolute Gasteiger partial charge is 0.497 e. The van der Waals surface area contributed by atoms with E-state index < -0.39 is 0 Å².